The summed E-state index contributed by atoms with van der Waals surface area (Å²) in [4.78, 5) is 13.0. The Morgan fingerprint density at radius 3 is 2.17 bits per heavy atom. The normalized spacial score (nSPS) is 15.5. The van der Waals surface area contributed by atoms with Gasteiger partial charge in [-0.2, -0.15) is 4.31 Å². The third kappa shape index (κ3) is 5.15. The average molecular weight is 441 g/mol. The summed E-state index contributed by atoms with van der Waals surface area (Å²) in [6.45, 7) is 2.41. The largest absolute Gasteiger partial charge is 0.339 e. The van der Waals surface area contributed by atoms with E-state index in [1.807, 2.05) is 31.2 Å². The topological polar surface area (TPSA) is 57.7 Å². The lowest BCUT2D eigenvalue weighted by Gasteiger charge is -2.34. The molecule has 156 valence electrons. The van der Waals surface area contributed by atoms with Crippen LogP contribution in [0.5, 0.6) is 0 Å². The van der Waals surface area contributed by atoms with Crippen molar-refractivity contribution < 1.29 is 22.0 Å². The van der Waals surface area contributed by atoms with Gasteiger partial charge in [-0.25, -0.2) is 17.2 Å². The Morgan fingerprint density at radius 1 is 1.00 bits per heavy atom. The molecule has 2 aromatic rings. The predicted octanol–water partition coefficient (Wildman–Crippen LogP) is 3.04. The van der Waals surface area contributed by atoms with E-state index in [0.29, 0.717) is 11.5 Å². The molecule has 1 saturated heterocycles. The molecule has 3 rings (SSSR count). The van der Waals surface area contributed by atoms with Gasteiger partial charge in [-0.05, 0) is 24.6 Å². The van der Waals surface area contributed by atoms with Crippen LogP contribution in [0.15, 0.2) is 47.4 Å². The van der Waals surface area contributed by atoms with Crippen LogP contribution in [0.25, 0.3) is 0 Å². The summed E-state index contributed by atoms with van der Waals surface area (Å²) in [6.07, 6.45) is 0. The molecule has 0 saturated carbocycles. The molecule has 5 nitrogen and oxygen atoms in total. The third-order valence-electron chi connectivity index (χ3n) is 4.72. The van der Waals surface area contributed by atoms with Crippen LogP contribution in [0, 0.1) is 18.6 Å². The molecule has 0 radical (unpaired) electrons. The van der Waals surface area contributed by atoms with Gasteiger partial charge in [0.1, 0.15) is 11.6 Å². The van der Waals surface area contributed by atoms with Crippen LogP contribution in [0.1, 0.15) is 11.1 Å². The molecule has 0 spiro atoms. The lowest BCUT2D eigenvalue weighted by Crippen LogP contribution is -2.51. The van der Waals surface area contributed by atoms with Gasteiger partial charge in [0.15, 0.2) is 4.90 Å². The molecule has 1 heterocycles. The summed E-state index contributed by atoms with van der Waals surface area (Å²) < 4.78 is 54.0. The molecule has 0 atom stereocenters. The van der Waals surface area contributed by atoms with Crippen LogP contribution < -0.4 is 0 Å². The highest BCUT2D eigenvalue weighted by Crippen LogP contribution is 2.24. The van der Waals surface area contributed by atoms with Crippen molar-refractivity contribution in [3.8, 4) is 0 Å². The molecule has 0 unspecified atom stereocenters. The van der Waals surface area contributed by atoms with Gasteiger partial charge in [0, 0.05) is 31.9 Å². The zero-order valence-corrected chi connectivity index (χ0v) is 17.6. The fourth-order valence-corrected chi connectivity index (χ4v) is 5.49. The Balaban J connectivity index is 1.53. The second-order valence-electron chi connectivity index (χ2n) is 6.81. The number of thioether (sulfide) groups is 1. The number of aryl methyl sites for hydroxylation is 1. The van der Waals surface area contributed by atoms with Gasteiger partial charge in [0.2, 0.25) is 15.9 Å². The first-order chi connectivity index (χ1) is 13.8. The molecular formula is C20H22F2N2O3S2. The van der Waals surface area contributed by atoms with Crippen molar-refractivity contribution in [1.29, 1.82) is 0 Å². The summed E-state index contributed by atoms with van der Waals surface area (Å²) in [5.74, 6) is -1.29. The monoisotopic (exact) mass is 440 g/mol. The quantitative estimate of drug-likeness (QED) is 0.693. The maximum Gasteiger partial charge on any atom is 0.249 e. The molecular weight excluding hydrogens is 418 g/mol. The van der Waals surface area contributed by atoms with E-state index < -0.39 is 26.6 Å². The lowest BCUT2D eigenvalue weighted by molar-refractivity contribution is -0.129. The Kier molecular flexibility index (Phi) is 6.92. The molecule has 1 amide bonds. The van der Waals surface area contributed by atoms with Crippen molar-refractivity contribution in [3.63, 3.8) is 0 Å². The standard InChI is InChI=1S/C20H22F2N2O3S2/c1-15-5-7-16(8-6-15)13-28-14-19(25)23-9-11-24(12-10-23)29(26,27)20-17(21)3-2-4-18(20)22/h2-8H,9-14H2,1H3. The van der Waals surface area contributed by atoms with E-state index in [-0.39, 0.29) is 32.1 Å². The van der Waals surface area contributed by atoms with Crippen molar-refractivity contribution in [2.24, 2.45) is 0 Å². The van der Waals surface area contributed by atoms with Crippen molar-refractivity contribution in [3.05, 3.63) is 65.2 Å². The highest BCUT2D eigenvalue weighted by Gasteiger charge is 2.33. The number of rotatable bonds is 6. The van der Waals surface area contributed by atoms with Crippen LogP contribution in [-0.4, -0.2) is 55.5 Å². The van der Waals surface area contributed by atoms with E-state index in [1.54, 1.807) is 4.90 Å². The van der Waals surface area contributed by atoms with Gasteiger partial charge in [-0.1, -0.05) is 35.9 Å². The van der Waals surface area contributed by atoms with Crippen molar-refractivity contribution in [2.45, 2.75) is 17.6 Å². The van der Waals surface area contributed by atoms with Gasteiger partial charge < -0.3 is 4.90 Å². The Labute approximate surface area is 173 Å². The summed E-state index contributed by atoms with van der Waals surface area (Å²) in [5, 5.41) is 0. The highest BCUT2D eigenvalue weighted by atomic mass is 32.2. The maximum absolute atomic E-state index is 13.9. The molecule has 1 aliphatic heterocycles. The maximum atomic E-state index is 13.9. The molecule has 0 N–H and O–H groups in total. The molecule has 1 aliphatic rings. The number of amides is 1. The first kappa shape index (κ1) is 21.7. The summed E-state index contributed by atoms with van der Waals surface area (Å²) in [5.41, 5.74) is 2.31. The van der Waals surface area contributed by atoms with E-state index in [1.165, 1.54) is 17.3 Å². The zero-order chi connectivity index (χ0) is 21.0. The summed E-state index contributed by atoms with van der Waals surface area (Å²) >= 11 is 1.50. The molecule has 9 heteroatoms. The van der Waals surface area contributed by atoms with E-state index in [2.05, 4.69) is 0 Å². The SMILES string of the molecule is Cc1ccc(CSCC(=O)N2CCN(S(=O)(=O)c3c(F)cccc3F)CC2)cc1. The molecule has 0 aliphatic carbocycles. The third-order valence-corrected chi connectivity index (χ3v) is 7.66. The molecule has 0 bridgehead atoms. The predicted molar refractivity (Wildman–Crippen MR) is 109 cm³/mol. The van der Waals surface area contributed by atoms with Crippen LogP contribution in [0.2, 0.25) is 0 Å². The average Bonchev–Trinajstić information content (AvgIpc) is 2.69. The fraction of sp³-hybridized carbons (Fsp3) is 0.350. The first-order valence-corrected chi connectivity index (χ1v) is 11.7. The highest BCUT2D eigenvalue weighted by molar-refractivity contribution is 7.99. The van der Waals surface area contributed by atoms with Gasteiger partial charge in [0.05, 0.1) is 5.75 Å². The minimum atomic E-state index is -4.29. The number of hydrogen-bond donors (Lipinski definition) is 0. The van der Waals surface area contributed by atoms with Crippen LogP contribution in [-0.2, 0) is 20.6 Å². The second-order valence-corrected chi connectivity index (χ2v) is 9.67. The van der Waals surface area contributed by atoms with Gasteiger partial charge in [-0.3, -0.25) is 4.79 Å². The van der Waals surface area contributed by atoms with Crippen molar-refractivity contribution in [2.75, 3.05) is 31.9 Å². The summed E-state index contributed by atoms with van der Waals surface area (Å²) in [6, 6.07) is 11.1. The van der Waals surface area contributed by atoms with Gasteiger partial charge in [0.25, 0.3) is 0 Å². The van der Waals surface area contributed by atoms with Crippen LogP contribution in [0.4, 0.5) is 8.78 Å². The molecule has 1 fully saturated rings. The zero-order valence-electron chi connectivity index (χ0n) is 16.0. The molecule has 29 heavy (non-hydrogen) atoms. The minimum Gasteiger partial charge on any atom is -0.339 e. The number of sulfonamides is 1. The van der Waals surface area contributed by atoms with Crippen LogP contribution in [0.3, 0.4) is 0 Å². The smallest absolute Gasteiger partial charge is 0.249 e. The number of carbonyl (C=O) groups excluding carboxylic acids is 1. The lowest BCUT2D eigenvalue weighted by atomic mass is 10.2. The first-order valence-electron chi connectivity index (χ1n) is 9.14. The Hall–Kier alpha value is -1.97. The van der Waals surface area contributed by atoms with E-state index >= 15 is 0 Å². The number of benzene rings is 2. The number of piperazine rings is 1. The fourth-order valence-electron chi connectivity index (χ4n) is 3.07. The van der Waals surface area contributed by atoms with E-state index in [4.69, 9.17) is 0 Å². The minimum absolute atomic E-state index is 0.00444. The van der Waals surface area contributed by atoms with Crippen molar-refractivity contribution >= 4 is 27.7 Å². The second kappa shape index (κ2) is 9.23. The van der Waals surface area contributed by atoms with E-state index in [0.717, 1.165) is 28.1 Å². The van der Waals surface area contributed by atoms with Crippen molar-refractivity contribution in [1.82, 2.24) is 9.21 Å². The van der Waals surface area contributed by atoms with E-state index in [9.17, 15) is 22.0 Å². The number of nitrogens with zero attached hydrogens (tertiary/aromatic N) is 2. The van der Waals surface area contributed by atoms with Gasteiger partial charge >= 0.3 is 0 Å². The Morgan fingerprint density at radius 2 is 1.59 bits per heavy atom. The number of halogens is 2. The van der Waals surface area contributed by atoms with Crippen LogP contribution >= 0.6 is 11.8 Å². The number of carbonyl (C=O) groups is 1. The summed E-state index contributed by atoms with van der Waals surface area (Å²) in [7, 11) is -4.29. The Bertz CT molecular complexity index is 953. The van der Waals surface area contributed by atoms with Gasteiger partial charge in [-0.15, -0.1) is 11.8 Å². The molecule has 2 aromatic carbocycles. The molecule has 0 aromatic heterocycles. The number of hydrogen-bond acceptors (Lipinski definition) is 4.